The van der Waals surface area contributed by atoms with Gasteiger partial charge in [0, 0.05) is 25.4 Å². The first kappa shape index (κ1) is 22.2. The number of hydrogen-bond acceptors (Lipinski definition) is 4. The number of carbonyl (C=O) groups is 2. The molecule has 0 spiro atoms. The zero-order chi connectivity index (χ0) is 21.9. The van der Waals surface area contributed by atoms with E-state index in [9.17, 15) is 22.8 Å². The molecule has 1 aromatic rings. The predicted octanol–water partition coefficient (Wildman–Crippen LogP) is 3.04. The summed E-state index contributed by atoms with van der Waals surface area (Å²) >= 11 is 6.26. The van der Waals surface area contributed by atoms with Gasteiger partial charge in [-0.1, -0.05) is 11.6 Å². The molecule has 3 heterocycles. The molecule has 1 N–H and O–H groups in total. The van der Waals surface area contributed by atoms with Crippen molar-refractivity contribution in [3.05, 3.63) is 29.7 Å². The van der Waals surface area contributed by atoms with Gasteiger partial charge in [0.15, 0.2) is 5.15 Å². The van der Waals surface area contributed by atoms with E-state index < -0.39 is 24.4 Å². The molecule has 2 amide bonds. The van der Waals surface area contributed by atoms with E-state index in [0.717, 1.165) is 5.70 Å². The first-order valence-corrected chi connectivity index (χ1v) is 10.1. The summed E-state index contributed by atoms with van der Waals surface area (Å²) in [7, 11) is 0. The summed E-state index contributed by atoms with van der Waals surface area (Å²) in [5, 5.41) is 7.46. The molecule has 30 heavy (non-hydrogen) atoms. The van der Waals surface area contributed by atoms with Crippen molar-refractivity contribution in [1.82, 2.24) is 20.0 Å². The summed E-state index contributed by atoms with van der Waals surface area (Å²) < 4.78 is 38.9. The number of dihydropyridines is 1. The van der Waals surface area contributed by atoms with Gasteiger partial charge in [-0.15, -0.1) is 0 Å². The Balaban J connectivity index is 1.66. The maximum absolute atomic E-state index is 12.9. The smallest absolute Gasteiger partial charge is 0.385 e. The number of nitrogens with zero attached hydrogens (tertiary/aromatic N) is 4. The molecule has 2 aliphatic heterocycles. The number of halogens is 4. The van der Waals surface area contributed by atoms with Gasteiger partial charge < -0.3 is 15.1 Å². The molecule has 1 aromatic heterocycles. The monoisotopic (exact) mass is 445 g/mol. The number of carbonyl (C=O) groups excluding carboxylic acids is 2. The number of alkyl halides is 3. The molecule has 0 aliphatic carbocycles. The van der Waals surface area contributed by atoms with Crippen LogP contribution >= 0.6 is 11.6 Å². The minimum absolute atomic E-state index is 0.149. The van der Waals surface area contributed by atoms with E-state index in [0.29, 0.717) is 25.2 Å². The summed E-state index contributed by atoms with van der Waals surface area (Å²) in [5.41, 5.74) is 1.26. The van der Waals surface area contributed by atoms with Gasteiger partial charge in [-0.25, -0.2) is 4.68 Å². The standard InChI is InChI=1S/C19H23ClF3N5O2/c1-2-27(15-11-28(25-17(15)20)14-4-3-8-24-10-14)16(29)12-26-9-6-13(18(26)30)5-7-19(21,22)23/h3-4,8,11,13,24H,2,5-7,9-10,12H2,1H3. The van der Waals surface area contributed by atoms with Crippen LogP contribution in [0.15, 0.2) is 24.5 Å². The molecular formula is C19H23ClF3N5O2. The van der Waals surface area contributed by atoms with E-state index in [1.807, 2.05) is 12.2 Å². The number of aromatic nitrogens is 2. The van der Waals surface area contributed by atoms with E-state index in [2.05, 4.69) is 10.4 Å². The van der Waals surface area contributed by atoms with Crippen LogP contribution in [0.1, 0.15) is 26.2 Å². The Hall–Kier alpha value is -2.49. The van der Waals surface area contributed by atoms with Crippen LogP contribution in [0, 0.1) is 5.92 Å². The maximum atomic E-state index is 12.9. The lowest BCUT2D eigenvalue weighted by Gasteiger charge is -2.23. The van der Waals surface area contributed by atoms with Crippen molar-refractivity contribution in [2.24, 2.45) is 5.92 Å². The fourth-order valence-electron chi connectivity index (χ4n) is 3.57. The number of amides is 2. The average molecular weight is 446 g/mol. The zero-order valence-corrected chi connectivity index (χ0v) is 17.2. The molecule has 1 unspecified atom stereocenters. The number of anilines is 1. The van der Waals surface area contributed by atoms with Crippen LogP contribution in [0.5, 0.6) is 0 Å². The third-order valence-corrected chi connectivity index (χ3v) is 5.42. The van der Waals surface area contributed by atoms with E-state index in [1.54, 1.807) is 24.0 Å². The number of likely N-dealkylation sites (N-methyl/N-ethyl adjacent to an activating group) is 1. The Labute approximate surface area is 177 Å². The molecule has 1 fully saturated rings. The fourth-order valence-corrected chi connectivity index (χ4v) is 3.81. The highest BCUT2D eigenvalue weighted by Crippen LogP contribution is 2.30. The third-order valence-electron chi connectivity index (χ3n) is 5.15. The summed E-state index contributed by atoms with van der Waals surface area (Å²) in [6.07, 6.45) is 1.92. The van der Waals surface area contributed by atoms with Gasteiger partial charge in [-0.05, 0) is 38.1 Å². The van der Waals surface area contributed by atoms with Crippen LogP contribution in [0.4, 0.5) is 18.9 Å². The van der Waals surface area contributed by atoms with Crippen LogP contribution in [0.2, 0.25) is 5.15 Å². The quantitative estimate of drug-likeness (QED) is 0.700. The second-order valence-electron chi connectivity index (χ2n) is 7.18. The van der Waals surface area contributed by atoms with Crippen molar-refractivity contribution < 1.29 is 22.8 Å². The largest absolute Gasteiger partial charge is 0.389 e. The lowest BCUT2D eigenvalue weighted by molar-refractivity contribution is -0.143. The second kappa shape index (κ2) is 9.11. The molecule has 0 radical (unpaired) electrons. The molecule has 164 valence electrons. The number of hydrogen-bond donors (Lipinski definition) is 1. The average Bonchev–Trinajstić information content (AvgIpc) is 3.24. The first-order valence-electron chi connectivity index (χ1n) is 9.70. The minimum atomic E-state index is -4.29. The van der Waals surface area contributed by atoms with Gasteiger partial charge in [-0.2, -0.15) is 18.3 Å². The number of nitrogens with one attached hydrogen (secondary N) is 1. The fraction of sp³-hybridized carbons (Fsp3) is 0.526. The van der Waals surface area contributed by atoms with Crippen molar-refractivity contribution in [3.63, 3.8) is 0 Å². The topological polar surface area (TPSA) is 70.5 Å². The summed E-state index contributed by atoms with van der Waals surface area (Å²) in [4.78, 5) is 28.0. The number of allylic oxidation sites excluding steroid dienone is 2. The molecule has 0 saturated carbocycles. The van der Waals surface area contributed by atoms with Crippen LogP contribution in [-0.4, -0.2) is 58.9 Å². The number of likely N-dealkylation sites (tertiary alicyclic amines) is 1. The van der Waals surface area contributed by atoms with E-state index in [4.69, 9.17) is 11.6 Å². The SMILES string of the molecule is CCN(C(=O)CN1CCC(CCC(F)(F)F)C1=O)c1cn(C2=CC=CNC2)nc1Cl. The van der Waals surface area contributed by atoms with Crippen LogP contribution in [0.25, 0.3) is 5.70 Å². The molecular weight excluding hydrogens is 423 g/mol. The van der Waals surface area contributed by atoms with Crippen molar-refractivity contribution in [2.75, 3.05) is 31.1 Å². The van der Waals surface area contributed by atoms with Crippen molar-refractivity contribution >= 4 is 34.8 Å². The lowest BCUT2D eigenvalue weighted by atomic mass is 10.0. The zero-order valence-electron chi connectivity index (χ0n) is 16.5. The van der Waals surface area contributed by atoms with Gasteiger partial charge in [0.2, 0.25) is 11.8 Å². The molecule has 7 nitrogen and oxygen atoms in total. The summed E-state index contributed by atoms with van der Waals surface area (Å²) in [6.45, 7) is 2.69. The van der Waals surface area contributed by atoms with Crippen molar-refractivity contribution in [3.8, 4) is 0 Å². The van der Waals surface area contributed by atoms with Crippen LogP contribution in [0.3, 0.4) is 0 Å². The normalized spacial score (nSPS) is 19.1. The second-order valence-corrected chi connectivity index (χ2v) is 7.54. The van der Waals surface area contributed by atoms with Crippen LogP contribution in [-0.2, 0) is 9.59 Å². The molecule has 3 rings (SSSR count). The maximum Gasteiger partial charge on any atom is 0.389 e. The summed E-state index contributed by atoms with van der Waals surface area (Å²) in [5.74, 6) is -1.46. The molecule has 11 heteroatoms. The van der Waals surface area contributed by atoms with E-state index in [-0.39, 0.29) is 30.6 Å². The minimum Gasteiger partial charge on any atom is -0.385 e. The van der Waals surface area contributed by atoms with Crippen molar-refractivity contribution in [2.45, 2.75) is 32.4 Å². The molecule has 1 saturated heterocycles. The highest BCUT2D eigenvalue weighted by Gasteiger charge is 2.37. The Kier molecular flexibility index (Phi) is 6.74. The number of rotatable bonds is 7. The molecule has 0 bridgehead atoms. The highest BCUT2D eigenvalue weighted by atomic mass is 35.5. The highest BCUT2D eigenvalue weighted by molar-refractivity contribution is 6.32. The molecule has 1 atom stereocenters. The van der Waals surface area contributed by atoms with E-state index in [1.165, 1.54) is 9.80 Å². The van der Waals surface area contributed by atoms with Crippen molar-refractivity contribution in [1.29, 1.82) is 0 Å². The van der Waals surface area contributed by atoms with Gasteiger partial charge in [0.1, 0.15) is 12.2 Å². The molecule has 2 aliphatic rings. The summed E-state index contributed by atoms with van der Waals surface area (Å²) in [6, 6.07) is 0. The van der Waals surface area contributed by atoms with Gasteiger partial charge >= 0.3 is 6.18 Å². The Morgan fingerprint density at radius 2 is 2.20 bits per heavy atom. The predicted molar refractivity (Wildman–Crippen MR) is 107 cm³/mol. The van der Waals surface area contributed by atoms with Gasteiger partial charge in [0.25, 0.3) is 0 Å². The Morgan fingerprint density at radius 1 is 1.43 bits per heavy atom. The Morgan fingerprint density at radius 3 is 2.83 bits per heavy atom. The van der Waals surface area contributed by atoms with E-state index >= 15 is 0 Å². The Bertz CT molecular complexity index is 865. The third kappa shape index (κ3) is 5.16. The van der Waals surface area contributed by atoms with Gasteiger partial charge in [-0.3, -0.25) is 9.59 Å². The van der Waals surface area contributed by atoms with Gasteiger partial charge in [0.05, 0.1) is 18.4 Å². The molecule has 0 aromatic carbocycles. The van der Waals surface area contributed by atoms with Crippen LogP contribution < -0.4 is 10.2 Å². The lowest BCUT2D eigenvalue weighted by Crippen LogP contribution is -2.41. The first-order chi connectivity index (χ1) is 14.2.